The van der Waals surface area contributed by atoms with E-state index in [0.29, 0.717) is 17.5 Å². The summed E-state index contributed by atoms with van der Waals surface area (Å²) >= 11 is 6.31. The molecule has 0 atom stereocenters. The van der Waals surface area contributed by atoms with Crippen LogP contribution in [-0.2, 0) is 0 Å². The molecule has 0 amide bonds. The average molecular weight is 304 g/mol. The van der Waals surface area contributed by atoms with Crippen molar-refractivity contribution in [1.82, 2.24) is 10.2 Å². The van der Waals surface area contributed by atoms with E-state index < -0.39 is 0 Å². The van der Waals surface area contributed by atoms with Crippen molar-refractivity contribution in [3.05, 3.63) is 28.9 Å². The van der Waals surface area contributed by atoms with Gasteiger partial charge in [-0.15, -0.1) is 0 Å². The minimum Gasteiger partial charge on any atom is -0.492 e. The lowest BCUT2D eigenvalue weighted by Gasteiger charge is -2.40. The highest BCUT2D eigenvalue weighted by atomic mass is 35.5. The molecule has 0 unspecified atom stereocenters. The Balaban J connectivity index is 1.77. The van der Waals surface area contributed by atoms with Crippen LogP contribution in [0, 0.1) is 0 Å². The van der Waals surface area contributed by atoms with Gasteiger partial charge < -0.3 is 9.64 Å². The zero-order valence-corrected chi connectivity index (χ0v) is 12.8. The number of H-pyrrole nitrogens is 1. The number of rotatable bonds is 3. The van der Waals surface area contributed by atoms with Crippen LogP contribution in [0.2, 0.25) is 5.02 Å². The minimum atomic E-state index is 0.617. The van der Waals surface area contributed by atoms with Crippen LogP contribution in [0.4, 0.5) is 5.69 Å². The number of aromatic amines is 1. The van der Waals surface area contributed by atoms with Crippen LogP contribution in [0.25, 0.3) is 11.3 Å². The molecule has 1 saturated heterocycles. The van der Waals surface area contributed by atoms with Crippen molar-refractivity contribution >= 4 is 17.3 Å². The number of nitrogens with one attached hydrogen (secondary N) is 1. The Bertz CT molecular complexity index is 674. The number of hydrogen-bond acceptors (Lipinski definition) is 3. The van der Waals surface area contributed by atoms with Crippen molar-refractivity contribution < 1.29 is 4.74 Å². The molecule has 1 fully saturated rings. The predicted molar refractivity (Wildman–Crippen MR) is 84.4 cm³/mol. The standard InChI is InChI=1S/C16H18ClN3O/c1-2-21-13-4-3-11(9-12(13)17)15-16-14(18-19-15)10-5-7-20(16)8-6-10/h3-4,9-10H,2,5-8H2,1H3,(H,18,19). The molecule has 0 saturated carbocycles. The van der Waals surface area contributed by atoms with E-state index >= 15 is 0 Å². The van der Waals surface area contributed by atoms with Crippen molar-refractivity contribution in [2.45, 2.75) is 25.7 Å². The first-order valence-electron chi connectivity index (χ1n) is 7.54. The summed E-state index contributed by atoms with van der Waals surface area (Å²) in [6, 6.07) is 5.92. The van der Waals surface area contributed by atoms with E-state index in [4.69, 9.17) is 16.3 Å². The highest BCUT2D eigenvalue weighted by Gasteiger charge is 2.35. The van der Waals surface area contributed by atoms with E-state index in [1.54, 1.807) is 0 Å². The smallest absolute Gasteiger partial charge is 0.137 e. The largest absolute Gasteiger partial charge is 0.492 e. The second-order valence-electron chi connectivity index (χ2n) is 5.67. The Morgan fingerprint density at radius 1 is 1.38 bits per heavy atom. The van der Waals surface area contributed by atoms with E-state index in [2.05, 4.69) is 15.1 Å². The number of anilines is 1. The van der Waals surface area contributed by atoms with Crippen molar-refractivity contribution in [3.8, 4) is 17.0 Å². The van der Waals surface area contributed by atoms with E-state index in [1.165, 1.54) is 24.2 Å². The highest BCUT2D eigenvalue weighted by molar-refractivity contribution is 6.32. The highest BCUT2D eigenvalue weighted by Crippen LogP contribution is 2.46. The number of halogens is 1. The SMILES string of the molecule is CCOc1ccc(-c2n[nH]c3c2N2CCC3CC2)cc1Cl. The lowest BCUT2D eigenvalue weighted by Crippen LogP contribution is -2.38. The quantitative estimate of drug-likeness (QED) is 0.937. The van der Waals surface area contributed by atoms with Gasteiger partial charge in [0.1, 0.15) is 11.4 Å². The minimum absolute atomic E-state index is 0.617. The van der Waals surface area contributed by atoms with E-state index in [1.807, 2.05) is 25.1 Å². The Labute approximate surface area is 129 Å². The molecule has 1 N–H and O–H groups in total. The molecular formula is C16H18ClN3O. The predicted octanol–water partition coefficient (Wildman–Crippen LogP) is 3.83. The van der Waals surface area contributed by atoms with Crippen LogP contribution in [0.5, 0.6) is 5.75 Å². The van der Waals surface area contributed by atoms with Gasteiger partial charge in [-0.1, -0.05) is 11.6 Å². The van der Waals surface area contributed by atoms with Gasteiger partial charge in [0.05, 0.1) is 23.0 Å². The normalized spacial score (nSPS) is 17.1. The molecule has 3 aliphatic rings. The third kappa shape index (κ3) is 2.01. The lowest BCUT2D eigenvalue weighted by molar-refractivity contribution is 0.340. The second-order valence-corrected chi connectivity index (χ2v) is 6.08. The van der Waals surface area contributed by atoms with Crippen molar-refractivity contribution in [2.24, 2.45) is 0 Å². The molecule has 0 radical (unpaired) electrons. The van der Waals surface area contributed by atoms with Crippen LogP contribution in [0.1, 0.15) is 31.4 Å². The lowest BCUT2D eigenvalue weighted by atomic mass is 9.86. The van der Waals surface area contributed by atoms with E-state index in [0.717, 1.165) is 30.1 Å². The maximum Gasteiger partial charge on any atom is 0.137 e. The van der Waals surface area contributed by atoms with Gasteiger partial charge in [-0.05, 0) is 38.0 Å². The van der Waals surface area contributed by atoms with Crippen molar-refractivity contribution in [2.75, 3.05) is 24.6 Å². The van der Waals surface area contributed by atoms with Crippen LogP contribution in [0.15, 0.2) is 18.2 Å². The average Bonchev–Trinajstić information content (AvgIpc) is 2.98. The molecule has 21 heavy (non-hydrogen) atoms. The summed E-state index contributed by atoms with van der Waals surface area (Å²) in [6.45, 7) is 4.84. The van der Waals surface area contributed by atoms with Crippen LogP contribution in [-0.4, -0.2) is 29.9 Å². The van der Waals surface area contributed by atoms with Gasteiger partial charge in [-0.25, -0.2) is 0 Å². The maximum atomic E-state index is 6.31. The van der Waals surface area contributed by atoms with Crippen molar-refractivity contribution in [3.63, 3.8) is 0 Å². The summed E-state index contributed by atoms with van der Waals surface area (Å²) in [4.78, 5) is 2.44. The number of nitrogens with zero attached hydrogens (tertiary/aromatic N) is 2. The molecule has 0 aliphatic carbocycles. The first kappa shape index (κ1) is 13.0. The molecule has 3 aliphatic heterocycles. The summed E-state index contributed by atoms with van der Waals surface area (Å²) < 4.78 is 5.50. The number of ether oxygens (including phenoxy) is 1. The fourth-order valence-corrected chi connectivity index (χ4v) is 3.70. The molecule has 0 spiro atoms. The summed E-state index contributed by atoms with van der Waals surface area (Å²) in [6.07, 6.45) is 2.47. The Kier molecular flexibility index (Phi) is 3.07. The first-order valence-corrected chi connectivity index (χ1v) is 7.91. The zero-order valence-electron chi connectivity index (χ0n) is 12.0. The maximum absolute atomic E-state index is 6.31. The number of fused-ring (bicyclic) bond motifs is 2. The third-order valence-corrected chi connectivity index (χ3v) is 4.79. The molecule has 2 bridgehead atoms. The molecule has 5 rings (SSSR count). The van der Waals surface area contributed by atoms with E-state index in [9.17, 15) is 0 Å². The molecule has 110 valence electrons. The topological polar surface area (TPSA) is 41.1 Å². The summed E-state index contributed by atoms with van der Waals surface area (Å²) in [5.74, 6) is 1.37. The van der Waals surface area contributed by atoms with Gasteiger partial charge in [0.25, 0.3) is 0 Å². The van der Waals surface area contributed by atoms with Crippen LogP contribution >= 0.6 is 11.6 Å². The summed E-state index contributed by atoms with van der Waals surface area (Å²) in [5.41, 5.74) is 4.64. The molecule has 4 nitrogen and oxygen atoms in total. The summed E-state index contributed by atoms with van der Waals surface area (Å²) in [5, 5.41) is 8.45. The molecule has 5 heteroatoms. The fourth-order valence-electron chi connectivity index (χ4n) is 3.47. The third-order valence-electron chi connectivity index (χ3n) is 4.49. The van der Waals surface area contributed by atoms with Gasteiger partial charge in [-0.2, -0.15) is 5.10 Å². The van der Waals surface area contributed by atoms with Gasteiger partial charge in [-0.3, -0.25) is 5.10 Å². The fraction of sp³-hybridized carbons (Fsp3) is 0.438. The molecule has 1 aromatic heterocycles. The Hall–Kier alpha value is -1.68. The van der Waals surface area contributed by atoms with Crippen molar-refractivity contribution in [1.29, 1.82) is 0 Å². The number of piperidine rings is 1. The van der Waals surface area contributed by atoms with Crippen LogP contribution < -0.4 is 9.64 Å². The monoisotopic (exact) mass is 303 g/mol. The van der Waals surface area contributed by atoms with E-state index in [-0.39, 0.29) is 0 Å². The zero-order chi connectivity index (χ0) is 14.4. The molecule has 4 heterocycles. The van der Waals surface area contributed by atoms with Gasteiger partial charge in [0.15, 0.2) is 0 Å². The van der Waals surface area contributed by atoms with Gasteiger partial charge >= 0.3 is 0 Å². The number of benzene rings is 1. The number of aromatic nitrogens is 2. The first-order chi connectivity index (χ1) is 10.3. The number of hydrogen-bond donors (Lipinski definition) is 1. The molecular weight excluding hydrogens is 286 g/mol. The van der Waals surface area contributed by atoms with Gasteiger partial charge in [0, 0.05) is 24.6 Å². The molecule has 2 aromatic rings. The van der Waals surface area contributed by atoms with Crippen LogP contribution in [0.3, 0.4) is 0 Å². The van der Waals surface area contributed by atoms with Gasteiger partial charge in [0.2, 0.25) is 0 Å². The Morgan fingerprint density at radius 3 is 2.90 bits per heavy atom. The Morgan fingerprint density at radius 2 is 2.19 bits per heavy atom. The summed E-state index contributed by atoms with van der Waals surface area (Å²) in [7, 11) is 0. The second kappa shape index (κ2) is 4.95. The molecule has 1 aromatic carbocycles.